The minimum atomic E-state index is -0.108. The molecule has 2 aromatic rings. The normalized spacial score (nSPS) is 14.3. The standard InChI is InChI=1S/C14H8ClIO2.C5H5.Fe/c15-10-5-9-6-12(18-14(9)11(16)7-10)13(17)8-3-1-2-4-8;1-2-4-5-3-1;/h1-7,17H;1-5H;/q;-1;+2/p-1. The van der Waals surface area contributed by atoms with Crippen molar-refractivity contribution in [3.8, 4) is 0 Å². The molecular formula is C19H12ClFeIO2. The molecule has 1 aromatic heterocycles. The van der Waals surface area contributed by atoms with Crippen LogP contribution in [0, 0.1) is 22.8 Å². The van der Waals surface area contributed by atoms with E-state index >= 15 is 0 Å². The van der Waals surface area contributed by atoms with Gasteiger partial charge in [-0.1, -0.05) is 41.7 Å². The van der Waals surface area contributed by atoms with Gasteiger partial charge in [-0.25, -0.2) is 18.6 Å². The molecule has 0 fully saturated rings. The fourth-order valence-electron chi connectivity index (χ4n) is 2.18. The predicted molar refractivity (Wildman–Crippen MR) is 101 cm³/mol. The molecule has 5 heteroatoms. The van der Waals surface area contributed by atoms with E-state index in [1.165, 1.54) is 0 Å². The second-order valence-electron chi connectivity index (χ2n) is 4.88. The third-order valence-electron chi connectivity index (χ3n) is 3.24. The van der Waals surface area contributed by atoms with Gasteiger partial charge >= 0.3 is 17.1 Å². The van der Waals surface area contributed by atoms with E-state index in [0.717, 1.165) is 8.96 Å². The van der Waals surface area contributed by atoms with Gasteiger partial charge in [0.05, 0.1) is 3.57 Å². The van der Waals surface area contributed by atoms with Crippen LogP contribution in [0.3, 0.4) is 0 Å². The van der Waals surface area contributed by atoms with Crippen molar-refractivity contribution in [1.82, 2.24) is 0 Å². The van der Waals surface area contributed by atoms with Crippen molar-refractivity contribution >= 4 is 50.9 Å². The first kappa shape index (κ1) is 19.3. The van der Waals surface area contributed by atoms with E-state index in [9.17, 15) is 5.11 Å². The van der Waals surface area contributed by atoms with E-state index in [1.807, 2.05) is 49.6 Å². The van der Waals surface area contributed by atoms with Crippen LogP contribution in [-0.4, -0.2) is 0 Å². The van der Waals surface area contributed by atoms with Crippen molar-refractivity contribution in [2.24, 2.45) is 0 Å². The van der Waals surface area contributed by atoms with Gasteiger partial charge in [-0.3, -0.25) is 0 Å². The van der Waals surface area contributed by atoms with Crippen LogP contribution in [0.5, 0.6) is 0 Å². The first-order valence-electron chi connectivity index (χ1n) is 6.97. The monoisotopic (exact) mass is 490 g/mol. The molecule has 0 aliphatic heterocycles. The number of rotatable bonds is 1. The summed E-state index contributed by atoms with van der Waals surface area (Å²) in [5, 5.41) is 13.6. The Labute approximate surface area is 170 Å². The maximum atomic E-state index is 12.1. The zero-order chi connectivity index (χ0) is 16.2. The van der Waals surface area contributed by atoms with Gasteiger partial charge < -0.3 is 9.52 Å². The molecular weight excluding hydrogens is 478 g/mol. The molecule has 0 unspecified atom stereocenters. The van der Waals surface area contributed by atoms with E-state index in [2.05, 4.69) is 22.6 Å². The SMILES string of the molecule is [CH]1[CH][CH-]C=C1.[Fe+2].[O-]C(=C1C=CC=C1)c1cc2cc(Cl)cc(I)c2o1. The van der Waals surface area contributed by atoms with Gasteiger partial charge in [0.1, 0.15) is 11.3 Å². The molecule has 0 atom stereocenters. The Balaban J connectivity index is 0.000000300. The fourth-order valence-corrected chi connectivity index (χ4v) is 3.34. The molecule has 2 nitrogen and oxygen atoms in total. The third kappa shape index (κ3) is 4.51. The topological polar surface area (TPSA) is 36.2 Å². The smallest absolute Gasteiger partial charge is 0.870 e. The van der Waals surface area contributed by atoms with E-state index in [-0.39, 0.29) is 22.8 Å². The van der Waals surface area contributed by atoms with Crippen LogP contribution < -0.4 is 5.11 Å². The van der Waals surface area contributed by atoms with Gasteiger partial charge in [0.25, 0.3) is 0 Å². The van der Waals surface area contributed by atoms with E-state index in [4.69, 9.17) is 16.0 Å². The Hall–Kier alpha value is -1.07. The summed E-state index contributed by atoms with van der Waals surface area (Å²) in [4.78, 5) is 0. The van der Waals surface area contributed by atoms with Crippen molar-refractivity contribution in [3.05, 3.63) is 93.8 Å². The molecule has 2 radical (unpaired) electrons. The molecule has 1 heterocycles. The first-order chi connectivity index (χ1) is 11.1. The summed E-state index contributed by atoms with van der Waals surface area (Å²) < 4.78 is 6.52. The van der Waals surface area contributed by atoms with Crippen molar-refractivity contribution in [3.63, 3.8) is 0 Å². The predicted octanol–water partition coefficient (Wildman–Crippen LogP) is 5.05. The third-order valence-corrected chi connectivity index (χ3v) is 4.26. The number of hydrogen-bond acceptors (Lipinski definition) is 2. The van der Waals surface area contributed by atoms with Crippen LogP contribution >= 0.6 is 34.2 Å². The summed E-state index contributed by atoms with van der Waals surface area (Å²) >= 11 is 8.13. The van der Waals surface area contributed by atoms with Crippen molar-refractivity contribution in [2.75, 3.05) is 0 Å². The van der Waals surface area contributed by atoms with Crippen molar-refractivity contribution in [2.45, 2.75) is 0 Å². The number of halogens is 2. The second-order valence-corrected chi connectivity index (χ2v) is 6.48. The quantitative estimate of drug-likeness (QED) is 0.243. The van der Waals surface area contributed by atoms with Crippen LogP contribution in [0.2, 0.25) is 5.02 Å². The molecule has 0 saturated carbocycles. The maximum Gasteiger partial charge on any atom is 2.00 e. The molecule has 4 rings (SSSR count). The molecule has 2 aliphatic carbocycles. The number of hydrogen-bond donors (Lipinski definition) is 0. The Morgan fingerprint density at radius 2 is 1.88 bits per heavy atom. The van der Waals surface area contributed by atoms with Crippen LogP contribution in [0.1, 0.15) is 5.76 Å². The molecule has 0 N–H and O–H groups in total. The Morgan fingerprint density at radius 3 is 2.46 bits per heavy atom. The summed E-state index contributed by atoms with van der Waals surface area (Å²) in [5.74, 6) is 0.236. The average molecular weight is 491 g/mol. The summed E-state index contributed by atoms with van der Waals surface area (Å²) in [5.41, 5.74) is 1.34. The van der Waals surface area contributed by atoms with E-state index in [1.54, 1.807) is 24.3 Å². The largest absolute Gasteiger partial charge is 2.00 e. The van der Waals surface area contributed by atoms with Gasteiger partial charge in [-0.15, -0.1) is 12.8 Å². The van der Waals surface area contributed by atoms with Crippen molar-refractivity contribution in [1.29, 1.82) is 0 Å². The van der Waals surface area contributed by atoms with Crippen molar-refractivity contribution < 1.29 is 26.6 Å². The minimum absolute atomic E-state index is 0. The van der Waals surface area contributed by atoms with Gasteiger partial charge in [0.15, 0.2) is 0 Å². The number of allylic oxidation sites excluding steroid dienone is 7. The van der Waals surface area contributed by atoms with E-state index < -0.39 is 0 Å². The Kier molecular flexibility index (Phi) is 7.11. The van der Waals surface area contributed by atoms with Crippen LogP contribution in [0.15, 0.2) is 64.6 Å². The first-order valence-corrected chi connectivity index (χ1v) is 8.42. The number of benzene rings is 1. The molecule has 122 valence electrons. The molecule has 24 heavy (non-hydrogen) atoms. The Bertz CT molecular complexity index is 826. The Morgan fingerprint density at radius 1 is 1.12 bits per heavy atom. The second kappa shape index (κ2) is 8.86. The molecule has 0 amide bonds. The summed E-state index contributed by atoms with van der Waals surface area (Å²) in [7, 11) is 0. The minimum Gasteiger partial charge on any atom is -0.870 e. The maximum absolute atomic E-state index is 12.1. The molecule has 2 aliphatic rings. The molecule has 0 spiro atoms. The van der Waals surface area contributed by atoms with Crippen LogP contribution in [0.4, 0.5) is 0 Å². The molecule has 0 saturated heterocycles. The van der Waals surface area contributed by atoms with Gasteiger partial charge in [-0.2, -0.15) is 0 Å². The summed E-state index contributed by atoms with van der Waals surface area (Å²) in [6, 6.07) is 5.34. The molecule has 1 aromatic carbocycles. The number of fused-ring (bicyclic) bond motifs is 1. The fraction of sp³-hybridized carbons (Fsp3) is 0. The summed E-state index contributed by atoms with van der Waals surface area (Å²) in [6.07, 6.45) is 17.2. The van der Waals surface area contributed by atoms with E-state index in [0.29, 0.717) is 21.9 Å². The summed E-state index contributed by atoms with van der Waals surface area (Å²) in [6.45, 7) is 0. The van der Waals surface area contributed by atoms with Crippen LogP contribution in [-0.2, 0) is 17.1 Å². The van der Waals surface area contributed by atoms with Gasteiger partial charge in [0, 0.05) is 10.4 Å². The van der Waals surface area contributed by atoms with Crippen LogP contribution in [0.25, 0.3) is 16.7 Å². The average Bonchev–Trinajstić information content (AvgIpc) is 3.28. The number of furan rings is 1. The zero-order valence-electron chi connectivity index (χ0n) is 12.4. The zero-order valence-corrected chi connectivity index (χ0v) is 16.4. The van der Waals surface area contributed by atoms with Gasteiger partial charge in [0.2, 0.25) is 0 Å². The molecule has 0 bridgehead atoms. The van der Waals surface area contributed by atoms with Gasteiger partial charge in [-0.05, 0) is 46.4 Å².